The number of hydrogen-bond acceptors (Lipinski definition) is 8. The standard InChI is InChI=1S/C20H30N8/c1-26-9-7-17(8-10-26)27-11-13-28(14-12-27)20-24-18(21)23-19(25-20)22-15-16-5-3-2-4-6-16/h2-6,17H,7-15H2,1H3,(H3,21,22,23,24,25). The maximum Gasteiger partial charge on any atom is 0.232 e. The average molecular weight is 383 g/mol. The molecule has 28 heavy (non-hydrogen) atoms. The molecule has 2 aliphatic heterocycles. The number of anilines is 3. The second-order valence-corrected chi connectivity index (χ2v) is 7.71. The van der Waals surface area contributed by atoms with E-state index in [2.05, 4.69) is 54.1 Å². The molecular weight excluding hydrogens is 352 g/mol. The molecule has 2 fully saturated rings. The lowest BCUT2D eigenvalue weighted by Gasteiger charge is -2.42. The molecule has 2 aromatic rings. The number of nitrogens with one attached hydrogen (secondary N) is 1. The number of likely N-dealkylation sites (tertiary alicyclic amines) is 1. The quantitative estimate of drug-likeness (QED) is 0.800. The zero-order chi connectivity index (χ0) is 19.3. The van der Waals surface area contributed by atoms with Crippen molar-refractivity contribution in [3.63, 3.8) is 0 Å². The lowest BCUT2D eigenvalue weighted by Crippen LogP contribution is -2.53. The molecule has 0 radical (unpaired) electrons. The van der Waals surface area contributed by atoms with Gasteiger partial charge in [0.1, 0.15) is 0 Å². The van der Waals surface area contributed by atoms with E-state index in [0.717, 1.165) is 26.2 Å². The van der Waals surface area contributed by atoms with Crippen molar-refractivity contribution in [1.82, 2.24) is 24.8 Å². The Hall–Kier alpha value is -2.45. The molecule has 3 N–H and O–H groups in total. The van der Waals surface area contributed by atoms with Crippen molar-refractivity contribution in [3.05, 3.63) is 35.9 Å². The van der Waals surface area contributed by atoms with E-state index in [1.165, 1.54) is 31.5 Å². The van der Waals surface area contributed by atoms with Gasteiger partial charge in [-0.25, -0.2) is 0 Å². The Morgan fingerprint density at radius 1 is 0.964 bits per heavy atom. The fourth-order valence-electron chi connectivity index (χ4n) is 4.03. The summed E-state index contributed by atoms with van der Waals surface area (Å²) in [4.78, 5) is 20.5. The van der Waals surface area contributed by atoms with Crippen molar-refractivity contribution in [2.45, 2.75) is 25.4 Å². The molecule has 0 aliphatic carbocycles. The van der Waals surface area contributed by atoms with Crippen LogP contribution in [0.25, 0.3) is 0 Å². The van der Waals surface area contributed by atoms with E-state index in [1.54, 1.807) is 0 Å². The summed E-state index contributed by atoms with van der Waals surface area (Å²) < 4.78 is 0. The van der Waals surface area contributed by atoms with Crippen LogP contribution < -0.4 is 16.0 Å². The van der Waals surface area contributed by atoms with Crippen molar-refractivity contribution in [1.29, 1.82) is 0 Å². The summed E-state index contributed by atoms with van der Waals surface area (Å²) in [5.74, 6) is 1.47. The highest BCUT2D eigenvalue weighted by Gasteiger charge is 2.27. The van der Waals surface area contributed by atoms with Gasteiger partial charge in [-0.15, -0.1) is 0 Å². The van der Waals surface area contributed by atoms with Gasteiger partial charge in [-0.1, -0.05) is 30.3 Å². The maximum absolute atomic E-state index is 5.95. The van der Waals surface area contributed by atoms with Gasteiger partial charge in [0.2, 0.25) is 17.8 Å². The number of benzene rings is 1. The number of aromatic nitrogens is 3. The summed E-state index contributed by atoms with van der Waals surface area (Å²) in [5.41, 5.74) is 7.12. The molecule has 4 rings (SSSR count). The lowest BCUT2D eigenvalue weighted by molar-refractivity contribution is 0.115. The number of piperazine rings is 1. The van der Waals surface area contributed by atoms with Crippen LogP contribution in [0.2, 0.25) is 0 Å². The van der Waals surface area contributed by atoms with Crippen LogP contribution in [-0.4, -0.2) is 77.1 Å². The topological polar surface area (TPSA) is 86.4 Å². The fourth-order valence-corrected chi connectivity index (χ4v) is 4.03. The summed E-state index contributed by atoms with van der Waals surface area (Å²) in [6, 6.07) is 10.9. The van der Waals surface area contributed by atoms with Crippen molar-refractivity contribution < 1.29 is 0 Å². The van der Waals surface area contributed by atoms with E-state index in [4.69, 9.17) is 5.73 Å². The Labute approximate surface area is 166 Å². The number of nitrogens with zero attached hydrogens (tertiary/aromatic N) is 6. The van der Waals surface area contributed by atoms with Crippen molar-refractivity contribution in [3.8, 4) is 0 Å². The minimum atomic E-state index is 0.262. The SMILES string of the molecule is CN1CCC(N2CCN(c3nc(N)nc(NCc4ccccc4)n3)CC2)CC1. The van der Waals surface area contributed by atoms with Crippen LogP contribution in [0, 0.1) is 0 Å². The second-order valence-electron chi connectivity index (χ2n) is 7.71. The molecule has 0 saturated carbocycles. The predicted molar refractivity (Wildman–Crippen MR) is 112 cm³/mol. The molecule has 0 spiro atoms. The molecule has 0 unspecified atom stereocenters. The first-order valence-corrected chi connectivity index (χ1v) is 10.1. The summed E-state index contributed by atoms with van der Waals surface area (Å²) in [7, 11) is 2.21. The first-order valence-electron chi connectivity index (χ1n) is 10.1. The van der Waals surface area contributed by atoms with Crippen molar-refractivity contribution in [2.24, 2.45) is 0 Å². The number of piperidine rings is 1. The summed E-state index contributed by atoms with van der Waals surface area (Å²) >= 11 is 0. The normalized spacial score (nSPS) is 19.7. The van der Waals surface area contributed by atoms with E-state index in [-0.39, 0.29) is 5.95 Å². The highest BCUT2D eigenvalue weighted by molar-refractivity contribution is 5.42. The molecule has 2 aliphatic rings. The van der Waals surface area contributed by atoms with Gasteiger partial charge in [0.05, 0.1) is 0 Å². The maximum atomic E-state index is 5.95. The van der Waals surface area contributed by atoms with Crippen LogP contribution in [0.1, 0.15) is 18.4 Å². The highest BCUT2D eigenvalue weighted by Crippen LogP contribution is 2.20. The summed E-state index contributed by atoms with van der Waals surface area (Å²) in [6.45, 7) is 7.01. The van der Waals surface area contributed by atoms with Crippen LogP contribution in [0.4, 0.5) is 17.8 Å². The molecule has 8 heteroatoms. The van der Waals surface area contributed by atoms with Crippen LogP contribution in [-0.2, 0) is 6.54 Å². The number of rotatable bonds is 5. The molecule has 2 saturated heterocycles. The minimum Gasteiger partial charge on any atom is -0.368 e. The fraction of sp³-hybridized carbons (Fsp3) is 0.550. The van der Waals surface area contributed by atoms with E-state index in [0.29, 0.717) is 24.5 Å². The van der Waals surface area contributed by atoms with Crippen LogP contribution in [0.15, 0.2) is 30.3 Å². The Morgan fingerprint density at radius 3 is 2.39 bits per heavy atom. The van der Waals surface area contributed by atoms with Gasteiger partial charge in [-0.2, -0.15) is 15.0 Å². The van der Waals surface area contributed by atoms with E-state index in [9.17, 15) is 0 Å². The highest BCUT2D eigenvalue weighted by atomic mass is 15.4. The molecule has 8 nitrogen and oxygen atoms in total. The molecule has 0 bridgehead atoms. The summed E-state index contributed by atoms with van der Waals surface area (Å²) in [5, 5.41) is 3.26. The van der Waals surface area contributed by atoms with E-state index in [1.807, 2.05) is 18.2 Å². The van der Waals surface area contributed by atoms with Crippen LogP contribution in [0.5, 0.6) is 0 Å². The van der Waals surface area contributed by atoms with Gasteiger partial charge in [0.25, 0.3) is 0 Å². The average Bonchev–Trinajstić information content (AvgIpc) is 2.73. The smallest absolute Gasteiger partial charge is 0.232 e. The Morgan fingerprint density at radius 2 is 1.68 bits per heavy atom. The first-order chi connectivity index (χ1) is 13.7. The summed E-state index contributed by atoms with van der Waals surface area (Å²) in [6.07, 6.45) is 2.53. The Kier molecular flexibility index (Phi) is 5.87. The van der Waals surface area contributed by atoms with Gasteiger partial charge in [0, 0.05) is 38.8 Å². The molecule has 150 valence electrons. The van der Waals surface area contributed by atoms with Gasteiger partial charge < -0.3 is 20.9 Å². The number of nitrogens with two attached hydrogens (primary N) is 1. The van der Waals surface area contributed by atoms with Crippen LogP contribution >= 0.6 is 0 Å². The molecule has 0 atom stereocenters. The van der Waals surface area contributed by atoms with Gasteiger partial charge >= 0.3 is 0 Å². The molecule has 1 aromatic heterocycles. The van der Waals surface area contributed by atoms with Gasteiger partial charge in [-0.3, -0.25) is 4.90 Å². The third-order valence-corrected chi connectivity index (χ3v) is 5.74. The number of nitrogen functional groups attached to an aromatic ring is 1. The first kappa shape index (κ1) is 18.9. The third kappa shape index (κ3) is 4.69. The second kappa shape index (κ2) is 8.70. The number of hydrogen-bond donors (Lipinski definition) is 2. The lowest BCUT2D eigenvalue weighted by atomic mass is 10.0. The monoisotopic (exact) mass is 382 g/mol. The van der Waals surface area contributed by atoms with E-state index >= 15 is 0 Å². The Balaban J connectivity index is 1.35. The van der Waals surface area contributed by atoms with Crippen molar-refractivity contribution >= 4 is 17.8 Å². The predicted octanol–water partition coefficient (Wildman–Crippen LogP) is 1.28. The van der Waals surface area contributed by atoms with Gasteiger partial charge in [0.15, 0.2) is 0 Å². The minimum absolute atomic E-state index is 0.262. The van der Waals surface area contributed by atoms with E-state index < -0.39 is 0 Å². The zero-order valence-electron chi connectivity index (χ0n) is 16.6. The van der Waals surface area contributed by atoms with Crippen molar-refractivity contribution in [2.75, 3.05) is 62.3 Å². The van der Waals surface area contributed by atoms with Crippen LogP contribution in [0.3, 0.4) is 0 Å². The zero-order valence-corrected chi connectivity index (χ0v) is 16.6. The molecule has 0 amide bonds. The Bertz CT molecular complexity index is 752. The third-order valence-electron chi connectivity index (χ3n) is 5.74. The largest absolute Gasteiger partial charge is 0.368 e. The molecule has 1 aromatic carbocycles. The molecular formula is C20H30N8. The van der Waals surface area contributed by atoms with Gasteiger partial charge in [-0.05, 0) is 38.5 Å². The molecule has 3 heterocycles.